The van der Waals surface area contributed by atoms with Crippen LogP contribution < -0.4 is 0 Å². The van der Waals surface area contributed by atoms with Crippen molar-refractivity contribution in [2.24, 2.45) is 0 Å². The Kier molecular flexibility index (Phi) is 4.73. The molecule has 0 aliphatic rings. The van der Waals surface area contributed by atoms with Gasteiger partial charge in [-0.3, -0.25) is 8.98 Å². The number of rotatable bonds is 5. The first kappa shape index (κ1) is 16.3. The number of aryl methyl sites for hydroxylation is 1. The van der Waals surface area contributed by atoms with Gasteiger partial charge in [0.2, 0.25) is 0 Å². The van der Waals surface area contributed by atoms with E-state index >= 15 is 0 Å². The first-order valence-corrected chi connectivity index (χ1v) is 8.00. The maximum absolute atomic E-state index is 13.1. The van der Waals surface area contributed by atoms with Crippen LogP contribution in [-0.4, -0.2) is 20.3 Å². The summed E-state index contributed by atoms with van der Waals surface area (Å²) in [5.74, 6) is -1.17. The van der Waals surface area contributed by atoms with Crippen LogP contribution in [0.3, 0.4) is 0 Å². The maximum atomic E-state index is 13.1. The van der Waals surface area contributed by atoms with E-state index in [0.29, 0.717) is 0 Å². The lowest BCUT2D eigenvalue weighted by molar-refractivity contribution is 0.0825. The summed E-state index contributed by atoms with van der Waals surface area (Å²) in [5.41, 5.74) is 0.967. The molecule has 0 radical (unpaired) electrons. The van der Waals surface area contributed by atoms with E-state index in [2.05, 4.69) is 0 Å². The Morgan fingerprint density at radius 2 is 1.77 bits per heavy atom. The Balaban J connectivity index is 2.18. The fraction of sp³-hybridized carbons (Fsp3) is 0.188. The van der Waals surface area contributed by atoms with E-state index in [4.69, 9.17) is 4.18 Å². The highest BCUT2D eigenvalue weighted by atomic mass is 32.2. The molecule has 22 heavy (non-hydrogen) atoms. The second kappa shape index (κ2) is 6.37. The van der Waals surface area contributed by atoms with E-state index in [0.717, 1.165) is 11.6 Å². The molecule has 0 N–H and O–H groups in total. The lowest BCUT2D eigenvalue weighted by Crippen LogP contribution is -2.24. The van der Waals surface area contributed by atoms with E-state index < -0.39 is 27.8 Å². The molecule has 2 aromatic rings. The summed E-state index contributed by atoms with van der Waals surface area (Å²) in [4.78, 5) is 12.1. The number of hydrogen-bond acceptors (Lipinski definition) is 4. The average molecular weight is 322 g/mol. The molecule has 0 saturated carbocycles. The van der Waals surface area contributed by atoms with Crippen molar-refractivity contribution in [3.05, 3.63) is 65.5 Å². The summed E-state index contributed by atoms with van der Waals surface area (Å²) in [6, 6.07) is 11.1. The van der Waals surface area contributed by atoms with Gasteiger partial charge >= 0.3 is 0 Å². The molecule has 0 aromatic heterocycles. The first-order valence-electron chi connectivity index (χ1n) is 6.59. The van der Waals surface area contributed by atoms with Crippen molar-refractivity contribution in [1.82, 2.24) is 0 Å². The van der Waals surface area contributed by atoms with Gasteiger partial charge in [-0.1, -0.05) is 29.8 Å². The number of hydrogen-bond donors (Lipinski definition) is 0. The predicted octanol–water partition coefficient (Wildman–Crippen LogP) is 3.11. The van der Waals surface area contributed by atoms with Gasteiger partial charge in [0.05, 0.1) is 4.90 Å². The Bertz CT molecular complexity index is 782. The largest absolute Gasteiger partial charge is 0.297 e. The number of carbonyl (C=O) groups is 1. The standard InChI is InChI=1S/C16H15FO4S/c1-11-6-8-15(9-7-11)22(19,20)21-12(2)16(18)13-4-3-5-14(17)10-13/h3-10,12H,1-2H3/t12-/m1/s1. The van der Waals surface area contributed by atoms with Crippen molar-refractivity contribution in [1.29, 1.82) is 0 Å². The lowest BCUT2D eigenvalue weighted by Gasteiger charge is -2.12. The summed E-state index contributed by atoms with van der Waals surface area (Å²) >= 11 is 0. The smallest absolute Gasteiger partial charge is 0.291 e. The average Bonchev–Trinajstić information content (AvgIpc) is 2.46. The van der Waals surface area contributed by atoms with E-state index in [-0.39, 0.29) is 10.5 Å². The Labute approximate surface area is 128 Å². The zero-order chi connectivity index (χ0) is 16.3. The molecule has 2 rings (SSSR count). The zero-order valence-electron chi connectivity index (χ0n) is 12.1. The van der Waals surface area contributed by atoms with Gasteiger partial charge in [-0.25, -0.2) is 4.39 Å². The van der Waals surface area contributed by atoms with E-state index in [1.807, 2.05) is 6.92 Å². The number of ketones is 1. The van der Waals surface area contributed by atoms with Gasteiger partial charge in [0.1, 0.15) is 11.9 Å². The van der Waals surface area contributed by atoms with E-state index in [9.17, 15) is 17.6 Å². The molecule has 1 atom stereocenters. The molecule has 6 heteroatoms. The summed E-state index contributed by atoms with van der Waals surface area (Å²) in [6.45, 7) is 3.15. The fourth-order valence-corrected chi connectivity index (χ4v) is 2.92. The highest BCUT2D eigenvalue weighted by Gasteiger charge is 2.24. The van der Waals surface area contributed by atoms with Crippen LogP contribution in [0.5, 0.6) is 0 Å². The van der Waals surface area contributed by atoms with E-state index in [1.165, 1.54) is 37.3 Å². The van der Waals surface area contributed by atoms with Crippen molar-refractivity contribution in [3.8, 4) is 0 Å². The van der Waals surface area contributed by atoms with Gasteiger partial charge in [-0.15, -0.1) is 0 Å². The molecule has 2 aromatic carbocycles. The Hall–Kier alpha value is -2.05. The van der Waals surface area contributed by atoms with Gasteiger partial charge < -0.3 is 0 Å². The quantitative estimate of drug-likeness (QED) is 0.627. The maximum Gasteiger partial charge on any atom is 0.297 e. The Morgan fingerprint density at radius 3 is 2.36 bits per heavy atom. The van der Waals surface area contributed by atoms with Crippen LogP contribution in [0.4, 0.5) is 4.39 Å². The van der Waals surface area contributed by atoms with Crippen molar-refractivity contribution in [2.75, 3.05) is 0 Å². The molecule has 116 valence electrons. The van der Waals surface area contributed by atoms with Crippen molar-refractivity contribution >= 4 is 15.9 Å². The van der Waals surface area contributed by atoms with E-state index in [1.54, 1.807) is 12.1 Å². The molecule has 4 nitrogen and oxygen atoms in total. The van der Waals surface area contributed by atoms with Crippen LogP contribution in [0.2, 0.25) is 0 Å². The normalized spacial score (nSPS) is 12.9. The van der Waals surface area contributed by atoms with Gasteiger partial charge in [0, 0.05) is 5.56 Å². The van der Waals surface area contributed by atoms with Crippen LogP contribution in [-0.2, 0) is 14.3 Å². The number of carbonyl (C=O) groups excluding carboxylic acids is 1. The molecule has 0 amide bonds. The third-order valence-electron chi connectivity index (χ3n) is 3.06. The fourth-order valence-electron chi connectivity index (χ4n) is 1.87. The minimum atomic E-state index is -4.05. The molecule has 0 saturated heterocycles. The minimum absolute atomic E-state index is 0.0306. The summed E-state index contributed by atoms with van der Waals surface area (Å²) in [6.07, 6.45) is -1.24. The molecular weight excluding hydrogens is 307 g/mol. The SMILES string of the molecule is Cc1ccc(S(=O)(=O)O[C@H](C)C(=O)c2cccc(F)c2)cc1. The number of Topliss-reactive ketones (excluding diaryl/α,β-unsaturated/α-hetero) is 1. The van der Waals surface area contributed by atoms with Crippen LogP contribution >= 0.6 is 0 Å². The summed E-state index contributed by atoms with van der Waals surface area (Å²) < 4.78 is 42.3. The molecule has 0 bridgehead atoms. The molecular formula is C16H15FO4S. The van der Waals surface area contributed by atoms with Crippen molar-refractivity contribution in [2.45, 2.75) is 24.8 Å². The monoisotopic (exact) mass is 322 g/mol. The first-order chi connectivity index (χ1) is 10.3. The van der Waals surface area contributed by atoms with Crippen LogP contribution in [0, 0.1) is 12.7 Å². The van der Waals surface area contributed by atoms with Crippen LogP contribution in [0.1, 0.15) is 22.8 Å². The third-order valence-corrected chi connectivity index (χ3v) is 4.45. The van der Waals surface area contributed by atoms with Crippen molar-refractivity contribution < 1.29 is 21.8 Å². The van der Waals surface area contributed by atoms with Gasteiger partial charge in [-0.2, -0.15) is 8.42 Å². The predicted molar refractivity (Wildman–Crippen MR) is 79.6 cm³/mol. The molecule has 0 heterocycles. The van der Waals surface area contributed by atoms with Gasteiger partial charge in [0.25, 0.3) is 10.1 Å². The number of halogens is 1. The third kappa shape index (κ3) is 3.78. The minimum Gasteiger partial charge on any atom is -0.291 e. The summed E-state index contributed by atoms with van der Waals surface area (Å²) in [5, 5.41) is 0. The van der Waals surface area contributed by atoms with Crippen LogP contribution in [0.25, 0.3) is 0 Å². The van der Waals surface area contributed by atoms with Gasteiger partial charge in [-0.05, 0) is 38.1 Å². The Morgan fingerprint density at radius 1 is 1.14 bits per heavy atom. The molecule has 0 aliphatic heterocycles. The van der Waals surface area contributed by atoms with Gasteiger partial charge in [0.15, 0.2) is 5.78 Å². The molecule has 0 fully saturated rings. The highest BCUT2D eigenvalue weighted by Crippen LogP contribution is 2.17. The summed E-state index contributed by atoms with van der Waals surface area (Å²) in [7, 11) is -4.05. The second-order valence-electron chi connectivity index (χ2n) is 4.88. The zero-order valence-corrected chi connectivity index (χ0v) is 12.9. The molecule has 0 spiro atoms. The van der Waals surface area contributed by atoms with Crippen LogP contribution in [0.15, 0.2) is 53.4 Å². The lowest BCUT2D eigenvalue weighted by atomic mass is 10.1. The second-order valence-corrected chi connectivity index (χ2v) is 6.45. The molecule has 0 unspecified atom stereocenters. The molecule has 0 aliphatic carbocycles. The van der Waals surface area contributed by atoms with Crippen molar-refractivity contribution in [3.63, 3.8) is 0 Å². The number of benzene rings is 2. The topological polar surface area (TPSA) is 60.4 Å². The highest BCUT2D eigenvalue weighted by molar-refractivity contribution is 7.86.